The van der Waals surface area contributed by atoms with Crippen LogP contribution in [0.4, 0.5) is 23.4 Å². The fraction of sp³-hybridized carbons (Fsp3) is 0.286. The molecule has 2 aromatic heterocycles. The van der Waals surface area contributed by atoms with E-state index in [2.05, 4.69) is 20.7 Å². The third-order valence-electron chi connectivity index (χ3n) is 5.14. The molecule has 3 aromatic rings. The lowest BCUT2D eigenvalue weighted by atomic mass is 10.00. The van der Waals surface area contributed by atoms with E-state index in [0.29, 0.717) is 11.3 Å². The number of hydrogen-bond donors (Lipinski definition) is 2. The van der Waals surface area contributed by atoms with Gasteiger partial charge in [0.15, 0.2) is 6.04 Å². The minimum absolute atomic E-state index is 0.00632. The molecule has 0 saturated heterocycles. The van der Waals surface area contributed by atoms with Gasteiger partial charge in [0.1, 0.15) is 17.2 Å². The van der Waals surface area contributed by atoms with E-state index < -0.39 is 30.0 Å². The minimum Gasteiger partial charge on any atom is -0.361 e. The monoisotopic (exact) mass is 433 g/mol. The second-order valence-electron chi connectivity index (χ2n) is 7.41. The Hall–Kier alpha value is -3.43. The van der Waals surface area contributed by atoms with Crippen molar-refractivity contribution in [1.82, 2.24) is 20.1 Å². The average Bonchev–Trinajstić information content (AvgIpc) is 3.16. The van der Waals surface area contributed by atoms with Crippen molar-refractivity contribution < 1.29 is 22.4 Å². The zero-order chi connectivity index (χ0) is 22.2. The average molecular weight is 433 g/mol. The fourth-order valence-corrected chi connectivity index (χ4v) is 3.49. The molecule has 10 heteroatoms. The smallest absolute Gasteiger partial charge is 0.361 e. The first-order valence-electron chi connectivity index (χ1n) is 9.58. The molecule has 31 heavy (non-hydrogen) atoms. The summed E-state index contributed by atoms with van der Waals surface area (Å²) in [7, 11) is 0. The van der Waals surface area contributed by atoms with E-state index in [1.165, 1.54) is 24.3 Å². The summed E-state index contributed by atoms with van der Waals surface area (Å²) in [6.07, 6.45) is -2.15. The number of carbonyl (C=O) groups excluding carboxylic acids is 1. The standard InChI is InChI=1S/C21H19F4N5O/c1-12-2-7-16(26-9-12)17-8-18(21(23,24)25)30-19(29-17)15(11-28-30)20(31)27-10-13-3-5-14(22)6-4-13/h2-7,9,11,17-18,29H,8,10H2,1H3,(H,27,31)/t17-,18+/m1/s1. The normalized spacial score (nSPS) is 18.2. The number of alkyl halides is 3. The lowest BCUT2D eigenvalue weighted by Crippen LogP contribution is -2.36. The summed E-state index contributed by atoms with van der Waals surface area (Å²) in [6.45, 7) is 1.93. The molecular weight excluding hydrogens is 414 g/mol. The Morgan fingerprint density at radius 3 is 2.58 bits per heavy atom. The van der Waals surface area contributed by atoms with Crippen LogP contribution in [0.25, 0.3) is 0 Å². The SMILES string of the molecule is Cc1ccc([C@H]2C[C@@H](C(F)(F)F)n3ncc(C(=O)NCc4ccc(F)cc4)c3N2)nc1. The van der Waals surface area contributed by atoms with Crippen molar-refractivity contribution in [2.45, 2.75) is 38.1 Å². The van der Waals surface area contributed by atoms with E-state index in [1.807, 2.05) is 6.92 Å². The van der Waals surface area contributed by atoms with E-state index >= 15 is 0 Å². The molecule has 0 unspecified atom stereocenters. The van der Waals surface area contributed by atoms with Crippen LogP contribution in [0.3, 0.4) is 0 Å². The predicted molar refractivity (Wildman–Crippen MR) is 105 cm³/mol. The van der Waals surface area contributed by atoms with Crippen molar-refractivity contribution in [1.29, 1.82) is 0 Å². The van der Waals surface area contributed by atoms with Gasteiger partial charge in [0.05, 0.1) is 17.9 Å². The summed E-state index contributed by atoms with van der Waals surface area (Å²) in [5.41, 5.74) is 1.98. The highest BCUT2D eigenvalue weighted by atomic mass is 19.4. The van der Waals surface area contributed by atoms with Crippen LogP contribution in [-0.4, -0.2) is 26.8 Å². The number of amides is 1. The molecule has 3 heterocycles. The Balaban J connectivity index is 1.60. The summed E-state index contributed by atoms with van der Waals surface area (Å²) in [4.78, 5) is 16.9. The van der Waals surface area contributed by atoms with Gasteiger partial charge in [-0.05, 0) is 36.2 Å². The lowest BCUT2D eigenvalue weighted by molar-refractivity contribution is -0.173. The Morgan fingerprint density at radius 1 is 1.19 bits per heavy atom. The minimum atomic E-state index is -4.55. The Kier molecular flexibility index (Phi) is 5.38. The number of halogens is 4. The van der Waals surface area contributed by atoms with Gasteiger partial charge in [-0.25, -0.2) is 9.07 Å². The van der Waals surface area contributed by atoms with Crippen LogP contribution >= 0.6 is 0 Å². The number of carbonyl (C=O) groups is 1. The number of anilines is 1. The van der Waals surface area contributed by atoms with Gasteiger partial charge < -0.3 is 10.6 Å². The molecule has 0 bridgehead atoms. The van der Waals surface area contributed by atoms with Gasteiger partial charge in [-0.1, -0.05) is 18.2 Å². The largest absolute Gasteiger partial charge is 0.410 e. The van der Waals surface area contributed by atoms with Gasteiger partial charge in [0.2, 0.25) is 0 Å². The third kappa shape index (κ3) is 4.37. The molecular formula is C21H19F4N5O. The summed E-state index contributed by atoms with van der Waals surface area (Å²) >= 11 is 0. The maximum Gasteiger partial charge on any atom is 0.410 e. The van der Waals surface area contributed by atoms with Crippen LogP contribution in [0.2, 0.25) is 0 Å². The summed E-state index contributed by atoms with van der Waals surface area (Å²) < 4.78 is 55.1. The van der Waals surface area contributed by atoms with Crippen molar-refractivity contribution in [3.63, 3.8) is 0 Å². The Morgan fingerprint density at radius 2 is 1.94 bits per heavy atom. The van der Waals surface area contributed by atoms with Gasteiger partial charge in [-0.15, -0.1) is 0 Å². The molecule has 0 radical (unpaired) electrons. The second-order valence-corrected chi connectivity index (χ2v) is 7.41. The number of hydrogen-bond acceptors (Lipinski definition) is 4. The lowest BCUT2D eigenvalue weighted by Gasteiger charge is -2.33. The van der Waals surface area contributed by atoms with Crippen LogP contribution in [0, 0.1) is 12.7 Å². The molecule has 1 amide bonds. The Bertz CT molecular complexity index is 1080. The zero-order valence-corrected chi connectivity index (χ0v) is 16.4. The fourth-order valence-electron chi connectivity index (χ4n) is 3.49. The van der Waals surface area contributed by atoms with E-state index in [-0.39, 0.29) is 24.3 Å². The number of aromatic nitrogens is 3. The quantitative estimate of drug-likeness (QED) is 0.602. The van der Waals surface area contributed by atoms with E-state index in [0.717, 1.165) is 16.4 Å². The summed E-state index contributed by atoms with van der Waals surface area (Å²) in [5.74, 6) is -1.01. The maximum atomic E-state index is 13.7. The first-order chi connectivity index (χ1) is 14.7. The zero-order valence-electron chi connectivity index (χ0n) is 16.4. The molecule has 0 fully saturated rings. The number of nitrogens with one attached hydrogen (secondary N) is 2. The van der Waals surface area contributed by atoms with Crippen LogP contribution < -0.4 is 10.6 Å². The highest BCUT2D eigenvalue weighted by Crippen LogP contribution is 2.43. The number of benzene rings is 1. The van der Waals surface area contributed by atoms with Crippen molar-refractivity contribution >= 4 is 11.7 Å². The number of rotatable bonds is 4. The molecule has 6 nitrogen and oxygen atoms in total. The highest BCUT2D eigenvalue weighted by Gasteiger charge is 2.47. The van der Waals surface area contributed by atoms with E-state index in [9.17, 15) is 22.4 Å². The predicted octanol–water partition coefficient (Wildman–Crippen LogP) is 4.32. The molecule has 1 aromatic carbocycles. The van der Waals surface area contributed by atoms with Crippen LogP contribution in [-0.2, 0) is 6.54 Å². The van der Waals surface area contributed by atoms with Crippen LogP contribution in [0.15, 0.2) is 48.8 Å². The van der Waals surface area contributed by atoms with Gasteiger partial charge in [-0.2, -0.15) is 18.3 Å². The number of aryl methyl sites for hydroxylation is 1. The molecule has 2 N–H and O–H groups in total. The summed E-state index contributed by atoms with van der Waals surface area (Å²) in [6, 6.07) is 6.36. The van der Waals surface area contributed by atoms with Crippen molar-refractivity contribution in [3.05, 3.63) is 77.0 Å². The molecule has 4 rings (SSSR count). The molecule has 1 aliphatic heterocycles. The maximum absolute atomic E-state index is 13.7. The van der Waals surface area contributed by atoms with Gasteiger partial charge in [0, 0.05) is 19.2 Å². The molecule has 0 aliphatic carbocycles. The first kappa shape index (κ1) is 20.8. The third-order valence-corrected chi connectivity index (χ3v) is 5.14. The molecule has 1 aliphatic rings. The number of nitrogens with zero attached hydrogens (tertiary/aromatic N) is 3. The van der Waals surface area contributed by atoms with Gasteiger partial charge in [-0.3, -0.25) is 9.78 Å². The number of fused-ring (bicyclic) bond motifs is 1. The van der Waals surface area contributed by atoms with E-state index in [1.54, 1.807) is 18.3 Å². The van der Waals surface area contributed by atoms with Crippen molar-refractivity contribution in [2.75, 3.05) is 5.32 Å². The topological polar surface area (TPSA) is 71.8 Å². The first-order valence-corrected chi connectivity index (χ1v) is 9.58. The molecule has 0 spiro atoms. The van der Waals surface area contributed by atoms with Gasteiger partial charge in [0.25, 0.3) is 5.91 Å². The molecule has 2 atom stereocenters. The highest BCUT2D eigenvalue weighted by molar-refractivity contribution is 5.98. The van der Waals surface area contributed by atoms with Crippen LogP contribution in [0.1, 0.15) is 45.7 Å². The Labute approximate surface area is 175 Å². The van der Waals surface area contributed by atoms with Crippen molar-refractivity contribution in [2.24, 2.45) is 0 Å². The van der Waals surface area contributed by atoms with Crippen molar-refractivity contribution in [3.8, 4) is 0 Å². The molecule has 0 saturated carbocycles. The second kappa shape index (κ2) is 8.01. The van der Waals surface area contributed by atoms with Crippen LogP contribution in [0.5, 0.6) is 0 Å². The molecule has 162 valence electrons. The van der Waals surface area contributed by atoms with Gasteiger partial charge >= 0.3 is 6.18 Å². The van der Waals surface area contributed by atoms with E-state index in [4.69, 9.17) is 0 Å². The summed E-state index contributed by atoms with van der Waals surface area (Å²) in [5, 5.41) is 9.47. The number of pyridine rings is 1.